The van der Waals surface area contributed by atoms with Crippen LogP contribution in [0.25, 0.3) is 0 Å². The van der Waals surface area contributed by atoms with E-state index >= 15 is 0 Å². The molecule has 1 aliphatic rings. The van der Waals surface area contributed by atoms with Gasteiger partial charge >= 0.3 is 0 Å². The van der Waals surface area contributed by atoms with Gasteiger partial charge in [0.05, 0.1) is 0 Å². The van der Waals surface area contributed by atoms with Crippen LogP contribution in [0.15, 0.2) is 24.3 Å². The zero-order valence-corrected chi connectivity index (χ0v) is 12.9. The van der Waals surface area contributed by atoms with Crippen molar-refractivity contribution >= 4 is 5.91 Å². The highest BCUT2D eigenvalue weighted by Gasteiger charge is 2.34. The van der Waals surface area contributed by atoms with Gasteiger partial charge in [0, 0.05) is 25.0 Å². The second-order valence-corrected chi connectivity index (χ2v) is 5.89. The third-order valence-corrected chi connectivity index (χ3v) is 3.87. The van der Waals surface area contributed by atoms with Crippen LogP contribution in [0.5, 0.6) is 0 Å². The standard InChI is InChI=1S/C17H26N2O/c1-4-18-11-14(3)17(20)19(16-9-10-16)12-15-7-5-13(2)6-8-15/h5-8,14,16,18H,4,9-12H2,1-3H3. The number of nitrogens with one attached hydrogen (secondary N) is 1. The molecule has 0 radical (unpaired) electrons. The van der Waals surface area contributed by atoms with Crippen LogP contribution >= 0.6 is 0 Å². The van der Waals surface area contributed by atoms with E-state index in [9.17, 15) is 4.79 Å². The molecule has 1 fully saturated rings. The normalized spacial score (nSPS) is 15.9. The van der Waals surface area contributed by atoms with Crippen LogP contribution in [0.2, 0.25) is 0 Å². The number of aryl methyl sites for hydroxylation is 1. The van der Waals surface area contributed by atoms with Gasteiger partial charge in [-0.2, -0.15) is 0 Å². The van der Waals surface area contributed by atoms with Crippen LogP contribution in [0, 0.1) is 12.8 Å². The Hall–Kier alpha value is -1.35. The molecular formula is C17H26N2O. The van der Waals surface area contributed by atoms with Crippen molar-refractivity contribution in [1.29, 1.82) is 0 Å². The molecule has 1 saturated carbocycles. The fourth-order valence-corrected chi connectivity index (χ4v) is 2.39. The second-order valence-electron chi connectivity index (χ2n) is 5.89. The zero-order valence-electron chi connectivity index (χ0n) is 12.9. The maximum atomic E-state index is 12.6. The zero-order chi connectivity index (χ0) is 14.5. The van der Waals surface area contributed by atoms with Crippen molar-refractivity contribution in [2.45, 2.75) is 46.2 Å². The van der Waals surface area contributed by atoms with Crippen molar-refractivity contribution in [3.63, 3.8) is 0 Å². The number of hydrogen-bond donors (Lipinski definition) is 1. The van der Waals surface area contributed by atoms with E-state index in [-0.39, 0.29) is 11.8 Å². The van der Waals surface area contributed by atoms with E-state index in [0.29, 0.717) is 6.04 Å². The molecule has 1 N–H and O–H groups in total. The minimum Gasteiger partial charge on any atom is -0.335 e. The summed E-state index contributed by atoms with van der Waals surface area (Å²) in [6.07, 6.45) is 2.32. The molecule has 0 aromatic heterocycles. The number of rotatable bonds is 7. The molecule has 1 aromatic rings. The number of benzene rings is 1. The lowest BCUT2D eigenvalue weighted by Crippen LogP contribution is -2.40. The summed E-state index contributed by atoms with van der Waals surface area (Å²) in [4.78, 5) is 14.7. The molecule has 0 spiro atoms. The molecule has 3 nitrogen and oxygen atoms in total. The molecule has 20 heavy (non-hydrogen) atoms. The number of nitrogens with zero attached hydrogens (tertiary/aromatic N) is 1. The average molecular weight is 274 g/mol. The van der Waals surface area contributed by atoms with E-state index in [0.717, 1.165) is 32.5 Å². The van der Waals surface area contributed by atoms with E-state index in [1.807, 2.05) is 6.92 Å². The quantitative estimate of drug-likeness (QED) is 0.829. The smallest absolute Gasteiger partial charge is 0.227 e. The van der Waals surface area contributed by atoms with E-state index in [2.05, 4.69) is 48.3 Å². The van der Waals surface area contributed by atoms with E-state index in [1.54, 1.807) is 0 Å². The second kappa shape index (κ2) is 6.89. The molecule has 0 bridgehead atoms. The Kier molecular flexibility index (Phi) is 5.18. The Morgan fingerprint density at radius 3 is 2.55 bits per heavy atom. The molecule has 0 saturated heterocycles. The lowest BCUT2D eigenvalue weighted by atomic mass is 10.1. The predicted molar refractivity (Wildman–Crippen MR) is 82.5 cm³/mol. The Labute approximate surface area is 122 Å². The van der Waals surface area contributed by atoms with Crippen LogP contribution in [-0.2, 0) is 11.3 Å². The lowest BCUT2D eigenvalue weighted by molar-refractivity contribution is -0.136. The number of carbonyl (C=O) groups is 1. The van der Waals surface area contributed by atoms with Crippen molar-refractivity contribution < 1.29 is 4.79 Å². The number of carbonyl (C=O) groups excluding carboxylic acids is 1. The lowest BCUT2D eigenvalue weighted by Gasteiger charge is -2.26. The van der Waals surface area contributed by atoms with Gasteiger partial charge in [-0.15, -0.1) is 0 Å². The van der Waals surface area contributed by atoms with Crippen molar-refractivity contribution in [2.24, 2.45) is 5.92 Å². The topological polar surface area (TPSA) is 32.3 Å². The SMILES string of the molecule is CCNCC(C)C(=O)N(Cc1ccc(C)cc1)C1CC1. The molecule has 1 aliphatic carbocycles. The van der Waals surface area contributed by atoms with Gasteiger partial charge in [-0.05, 0) is 31.9 Å². The maximum Gasteiger partial charge on any atom is 0.227 e. The van der Waals surface area contributed by atoms with Gasteiger partial charge in [0.1, 0.15) is 0 Å². The van der Waals surface area contributed by atoms with Crippen LogP contribution < -0.4 is 5.32 Å². The molecule has 0 heterocycles. The van der Waals surface area contributed by atoms with Crippen molar-refractivity contribution in [3.8, 4) is 0 Å². The molecule has 1 atom stereocenters. The Balaban J connectivity index is 1.99. The highest BCUT2D eigenvalue weighted by atomic mass is 16.2. The first-order chi connectivity index (χ1) is 9.61. The molecule has 1 unspecified atom stereocenters. The van der Waals surface area contributed by atoms with Gasteiger partial charge in [0.25, 0.3) is 0 Å². The molecule has 1 amide bonds. The van der Waals surface area contributed by atoms with Crippen LogP contribution in [-0.4, -0.2) is 29.9 Å². The number of hydrogen-bond acceptors (Lipinski definition) is 2. The molecule has 2 rings (SSSR count). The Bertz CT molecular complexity index is 437. The van der Waals surface area contributed by atoms with Crippen LogP contribution in [0.4, 0.5) is 0 Å². The molecule has 1 aromatic carbocycles. The molecule has 110 valence electrons. The fraction of sp³-hybridized carbons (Fsp3) is 0.588. The van der Waals surface area contributed by atoms with Gasteiger partial charge in [0.2, 0.25) is 5.91 Å². The van der Waals surface area contributed by atoms with Crippen LogP contribution in [0.3, 0.4) is 0 Å². The third kappa shape index (κ3) is 4.07. The average Bonchev–Trinajstić information content (AvgIpc) is 3.28. The summed E-state index contributed by atoms with van der Waals surface area (Å²) < 4.78 is 0. The van der Waals surface area contributed by atoms with E-state index in [4.69, 9.17) is 0 Å². The van der Waals surface area contributed by atoms with Gasteiger partial charge in [-0.1, -0.05) is 43.7 Å². The highest BCUT2D eigenvalue weighted by Crippen LogP contribution is 2.29. The highest BCUT2D eigenvalue weighted by molar-refractivity contribution is 5.79. The molecule has 0 aliphatic heterocycles. The van der Waals surface area contributed by atoms with Gasteiger partial charge in [-0.3, -0.25) is 4.79 Å². The minimum atomic E-state index is 0.0565. The van der Waals surface area contributed by atoms with Crippen LogP contribution in [0.1, 0.15) is 37.8 Å². The summed E-state index contributed by atoms with van der Waals surface area (Å²) in [7, 11) is 0. The van der Waals surface area contributed by atoms with Gasteiger partial charge in [-0.25, -0.2) is 0 Å². The third-order valence-electron chi connectivity index (χ3n) is 3.87. The van der Waals surface area contributed by atoms with E-state index in [1.165, 1.54) is 11.1 Å². The van der Waals surface area contributed by atoms with Crippen molar-refractivity contribution in [1.82, 2.24) is 10.2 Å². The van der Waals surface area contributed by atoms with E-state index < -0.39 is 0 Å². The summed E-state index contributed by atoms with van der Waals surface area (Å²) in [6.45, 7) is 8.62. The largest absolute Gasteiger partial charge is 0.335 e. The first kappa shape index (κ1) is 15.0. The minimum absolute atomic E-state index is 0.0565. The van der Waals surface area contributed by atoms with Crippen molar-refractivity contribution in [3.05, 3.63) is 35.4 Å². The Morgan fingerprint density at radius 1 is 1.35 bits per heavy atom. The summed E-state index contributed by atoms with van der Waals surface area (Å²) in [5.74, 6) is 0.343. The van der Waals surface area contributed by atoms with Crippen molar-refractivity contribution in [2.75, 3.05) is 13.1 Å². The monoisotopic (exact) mass is 274 g/mol. The number of amides is 1. The molecule has 3 heteroatoms. The summed E-state index contributed by atoms with van der Waals surface area (Å²) in [5, 5.41) is 3.27. The fourth-order valence-electron chi connectivity index (χ4n) is 2.39. The summed E-state index contributed by atoms with van der Waals surface area (Å²) in [5.41, 5.74) is 2.49. The Morgan fingerprint density at radius 2 is 2.00 bits per heavy atom. The van der Waals surface area contributed by atoms with Gasteiger partial charge < -0.3 is 10.2 Å². The first-order valence-corrected chi connectivity index (χ1v) is 7.68. The maximum absolute atomic E-state index is 12.6. The summed E-state index contributed by atoms with van der Waals surface area (Å²) >= 11 is 0. The molecular weight excluding hydrogens is 248 g/mol. The summed E-state index contributed by atoms with van der Waals surface area (Å²) in [6, 6.07) is 8.97. The van der Waals surface area contributed by atoms with Gasteiger partial charge in [0.15, 0.2) is 0 Å². The predicted octanol–water partition coefficient (Wildman–Crippen LogP) is 2.73. The first-order valence-electron chi connectivity index (χ1n) is 7.68.